The quantitative estimate of drug-likeness (QED) is 0.834. The van der Waals surface area contributed by atoms with Crippen LogP contribution in [0.4, 0.5) is 0 Å². The number of benzene rings is 2. The van der Waals surface area contributed by atoms with Gasteiger partial charge in [0.1, 0.15) is 0 Å². The molecule has 3 rings (SSSR count). The Balaban J connectivity index is 1.94. The zero-order chi connectivity index (χ0) is 14.7. The molecule has 2 heteroatoms. The van der Waals surface area contributed by atoms with E-state index in [0.29, 0.717) is 6.42 Å². The number of ketones is 1. The van der Waals surface area contributed by atoms with Gasteiger partial charge in [-0.25, -0.2) is 0 Å². The van der Waals surface area contributed by atoms with Crippen molar-refractivity contribution in [3.05, 3.63) is 84.1 Å². The highest BCUT2D eigenvalue weighted by atomic mass is 16.1. The molecule has 0 aliphatic carbocycles. The van der Waals surface area contributed by atoms with Gasteiger partial charge in [0.15, 0.2) is 5.78 Å². The van der Waals surface area contributed by atoms with Crippen LogP contribution in [0.3, 0.4) is 0 Å². The molecule has 2 atom stereocenters. The van der Waals surface area contributed by atoms with Crippen molar-refractivity contribution in [1.82, 2.24) is 4.90 Å². The average Bonchev–Trinajstić information content (AvgIpc) is 2.56. The Morgan fingerprint density at radius 2 is 1.62 bits per heavy atom. The minimum absolute atomic E-state index is 0.110. The summed E-state index contributed by atoms with van der Waals surface area (Å²) in [6.07, 6.45) is 4.18. The Morgan fingerprint density at radius 1 is 1.00 bits per heavy atom. The van der Waals surface area contributed by atoms with Crippen LogP contribution in [-0.2, 0) is 4.79 Å². The fraction of sp³-hybridized carbons (Fsp3) is 0.211. The first kappa shape index (κ1) is 13.6. The van der Waals surface area contributed by atoms with E-state index in [4.69, 9.17) is 0 Å². The van der Waals surface area contributed by atoms with Crippen molar-refractivity contribution >= 4 is 5.78 Å². The molecule has 2 aromatic rings. The number of allylic oxidation sites excluding steroid dienone is 1. The Hall–Kier alpha value is -2.35. The molecule has 1 aliphatic rings. The molecule has 0 saturated carbocycles. The number of carbonyl (C=O) groups excluding carboxylic acids is 1. The van der Waals surface area contributed by atoms with Gasteiger partial charge in [-0.3, -0.25) is 4.79 Å². The van der Waals surface area contributed by atoms with Crippen LogP contribution in [0.15, 0.2) is 72.9 Å². The van der Waals surface area contributed by atoms with E-state index in [1.165, 1.54) is 11.1 Å². The molecular weight excluding hydrogens is 258 g/mol. The molecule has 21 heavy (non-hydrogen) atoms. The Labute approximate surface area is 125 Å². The molecule has 0 aromatic heterocycles. The number of nitrogens with zero attached hydrogens (tertiary/aromatic N) is 1. The van der Waals surface area contributed by atoms with E-state index in [1.807, 2.05) is 30.5 Å². The molecule has 0 amide bonds. The van der Waals surface area contributed by atoms with E-state index in [-0.39, 0.29) is 17.9 Å². The molecule has 0 unspecified atom stereocenters. The molecule has 0 bridgehead atoms. The summed E-state index contributed by atoms with van der Waals surface area (Å²) in [7, 11) is 0. The second-order valence-corrected chi connectivity index (χ2v) is 5.45. The third-order valence-electron chi connectivity index (χ3n) is 4.10. The van der Waals surface area contributed by atoms with Crippen LogP contribution in [0.5, 0.6) is 0 Å². The van der Waals surface area contributed by atoms with Gasteiger partial charge in [0, 0.05) is 12.6 Å². The molecule has 106 valence electrons. The van der Waals surface area contributed by atoms with Gasteiger partial charge in [-0.2, -0.15) is 0 Å². The molecular formula is C19H19NO. The summed E-state index contributed by atoms with van der Waals surface area (Å²) in [4.78, 5) is 14.1. The first-order valence-corrected chi connectivity index (χ1v) is 7.34. The Morgan fingerprint density at radius 3 is 2.29 bits per heavy atom. The molecule has 0 spiro atoms. The molecule has 2 aromatic carbocycles. The molecule has 1 heterocycles. The molecule has 0 N–H and O–H groups in total. The smallest absolute Gasteiger partial charge is 0.159 e. The third-order valence-corrected chi connectivity index (χ3v) is 4.10. The number of hydrogen-bond acceptors (Lipinski definition) is 2. The lowest BCUT2D eigenvalue weighted by Crippen LogP contribution is -2.31. The summed E-state index contributed by atoms with van der Waals surface area (Å²) < 4.78 is 0. The lowest BCUT2D eigenvalue weighted by molar-refractivity contribution is -0.116. The fourth-order valence-corrected chi connectivity index (χ4v) is 2.90. The van der Waals surface area contributed by atoms with Gasteiger partial charge in [0.2, 0.25) is 0 Å². The molecule has 0 fully saturated rings. The fourth-order valence-electron chi connectivity index (χ4n) is 2.90. The predicted molar refractivity (Wildman–Crippen MR) is 84.6 cm³/mol. The van der Waals surface area contributed by atoms with E-state index in [0.717, 1.165) is 0 Å². The second kappa shape index (κ2) is 5.96. The minimum Gasteiger partial charge on any atom is -0.363 e. The zero-order valence-corrected chi connectivity index (χ0v) is 12.1. The van der Waals surface area contributed by atoms with Crippen molar-refractivity contribution in [3.63, 3.8) is 0 Å². The summed E-state index contributed by atoms with van der Waals surface area (Å²) in [6.45, 7) is 2.19. The van der Waals surface area contributed by atoms with Crippen molar-refractivity contribution in [3.8, 4) is 0 Å². The van der Waals surface area contributed by atoms with Gasteiger partial charge in [0.25, 0.3) is 0 Å². The highest BCUT2D eigenvalue weighted by Gasteiger charge is 2.27. The summed E-state index contributed by atoms with van der Waals surface area (Å²) >= 11 is 0. The normalized spacial score (nSPS) is 19.6. The zero-order valence-electron chi connectivity index (χ0n) is 12.1. The van der Waals surface area contributed by atoms with Crippen molar-refractivity contribution in [2.45, 2.75) is 25.4 Å². The lowest BCUT2D eigenvalue weighted by Gasteiger charge is -2.38. The highest BCUT2D eigenvalue weighted by molar-refractivity contribution is 5.91. The maximum absolute atomic E-state index is 11.8. The van der Waals surface area contributed by atoms with Gasteiger partial charge >= 0.3 is 0 Å². The van der Waals surface area contributed by atoms with Crippen molar-refractivity contribution in [1.29, 1.82) is 0 Å². The number of rotatable bonds is 3. The molecule has 0 radical (unpaired) electrons. The maximum Gasteiger partial charge on any atom is 0.159 e. The van der Waals surface area contributed by atoms with Crippen molar-refractivity contribution in [2.24, 2.45) is 0 Å². The topological polar surface area (TPSA) is 20.3 Å². The summed E-state index contributed by atoms with van der Waals surface area (Å²) in [5, 5.41) is 0. The van der Waals surface area contributed by atoms with Crippen LogP contribution in [0, 0.1) is 0 Å². The van der Waals surface area contributed by atoms with E-state index in [1.54, 1.807) is 6.08 Å². The maximum atomic E-state index is 11.8. The first-order valence-electron chi connectivity index (χ1n) is 7.34. The SMILES string of the molecule is C[C@@H](c1ccccc1)N1C=CC(=O)C[C@H]1c1ccccc1. The van der Waals surface area contributed by atoms with E-state index in [2.05, 4.69) is 48.2 Å². The number of hydrogen-bond donors (Lipinski definition) is 0. The van der Waals surface area contributed by atoms with Gasteiger partial charge in [-0.1, -0.05) is 60.7 Å². The second-order valence-electron chi connectivity index (χ2n) is 5.45. The van der Waals surface area contributed by atoms with Crippen LogP contribution in [-0.4, -0.2) is 10.7 Å². The van der Waals surface area contributed by atoms with Crippen LogP contribution in [0.25, 0.3) is 0 Å². The minimum atomic E-state index is 0.110. The number of carbonyl (C=O) groups is 1. The highest BCUT2D eigenvalue weighted by Crippen LogP contribution is 2.35. The van der Waals surface area contributed by atoms with E-state index >= 15 is 0 Å². The van der Waals surface area contributed by atoms with Crippen molar-refractivity contribution in [2.75, 3.05) is 0 Å². The molecule has 1 aliphatic heterocycles. The standard InChI is InChI=1S/C19H19NO/c1-15(16-8-4-2-5-9-16)20-13-12-18(21)14-19(20)17-10-6-3-7-11-17/h2-13,15,19H,14H2,1H3/t15-,19-/m0/s1. The first-order chi connectivity index (χ1) is 10.3. The predicted octanol–water partition coefficient (Wildman–Crippen LogP) is 4.28. The van der Waals surface area contributed by atoms with Crippen molar-refractivity contribution < 1.29 is 4.79 Å². The third kappa shape index (κ3) is 2.89. The van der Waals surface area contributed by atoms with E-state index in [9.17, 15) is 4.79 Å². The average molecular weight is 277 g/mol. The largest absolute Gasteiger partial charge is 0.363 e. The molecule has 2 nitrogen and oxygen atoms in total. The van der Waals surface area contributed by atoms with Crippen LogP contribution < -0.4 is 0 Å². The van der Waals surface area contributed by atoms with Crippen LogP contribution in [0.2, 0.25) is 0 Å². The summed E-state index contributed by atoms with van der Waals surface area (Å²) in [5.74, 6) is 0.195. The summed E-state index contributed by atoms with van der Waals surface area (Å²) in [6, 6.07) is 21.0. The van der Waals surface area contributed by atoms with E-state index < -0.39 is 0 Å². The lowest BCUT2D eigenvalue weighted by atomic mass is 9.94. The summed E-state index contributed by atoms with van der Waals surface area (Å²) in [5.41, 5.74) is 2.45. The van der Waals surface area contributed by atoms with Gasteiger partial charge in [-0.15, -0.1) is 0 Å². The van der Waals surface area contributed by atoms with Crippen LogP contribution >= 0.6 is 0 Å². The Kier molecular flexibility index (Phi) is 3.87. The monoisotopic (exact) mass is 277 g/mol. The van der Waals surface area contributed by atoms with Gasteiger partial charge in [0.05, 0.1) is 12.1 Å². The molecule has 0 saturated heterocycles. The van der Waals surface area contributed by atoms with Crippen LogP contribution in [0.1, 0.15) is 36.6 Å². The van der Waals surface area contributed by atoms with Gasteiger partial charge in [-0.05, 0) is 24.1 Å². The van der Waals surface area contributed by atoms with Gasteiger partial charge < -0.3 is 4.90 Å². The Bertz CT molecular complexity index is 633.